The summed E-state index contributed by atoms with van der Waals surface area (Å²) >= 11 is 1.23. The van der Waals surface area contributed by atoms with E-state index in [-0.39, 0.29) is 6.42 Å². The summed E-state index contributed by atoms with van der Waals surface area (Å²) in [5.74, 6) is -1.05. The molecule has 0 aliphatic rings. The van der Waals surface area contributed by atoms with Gasteiger partial charge in [-0.2, -0.15) is 5.26 Å². The molecule has 136 valence electrons. The Bertz CT molecular complexity index is 840. The Morgan fingerprint density at radius 1 is 1.27 bits per heavy atom. The maximum atomic E-state index is 12.2. The molecular weight excluding hydrogens is 356 g/mol. The predicted molar refractivity (Wildman–Crippen MR) is 94.4 cm³/mol. The van der Waals surface area contributed by atoms with Gasteiger partial charge in [0.05, 0.1) is 26.7 Å². The second kappa shape index (κ2) is 8.97. The molecular formula is C18H18N2O5S. The van der Waals surface area contributed by atoms with Crippen molar-refractivity contribution in [3.8, 4) is 17.6 Å². The zero-order chi connectivity index (χ0) is 19.1. The number of nitriles is 1. The lowest BCUT2D eigenvalue weighted by atomic mass is 10.1. The second-order valence-electron chi connectivity index (χ2n) is 5.38. The van der Waals surface area contributed by atoms with Gasteiger partial charge in [-0.25, -0.2) is 4.98 Å². The van der Waals surface area contributed by atoms with Crippen LogP contribution in [0, 0.1) is 18.3 Å². The molecule has 0 spiro atoms. The molecule has 0 bridgehead atoms. The first-order valence-electron chi connectivity index (χ1n) is 7.69. The van der Waals surface area contributed by atoms with Crippen molar-refractivity contribution in [1.29, 1.82) is 5.26 Å². The highest BCUT2D eigenvalue weighted by Gasteiger charge is 2.24. The maximum absolute atomic E-state index is 12.2. The van der Waals surface area contributed by atoms with Gasteiger partial charge in [0.2, 0.25) is 0 Å². The van der Waals surface area contributed by atoms with Gasteiger partial charge in [0.15, 0.2) is 29.8 Å². The number of benzene rings is 1. The van der Waals surface area contributed by atoms with E-state index < -0.39 is 24.3 Å². The van der Waals surface area contributed by atoms with E-state index in [0.717, 1.165) is 5.69 Å². The van der Waals surface area contributed by atoms with Crippen LogP contribution >= 0.6 is 11.3 Å². The second-order valence-corrected chi connectivity index (χ2v) is 6.27. The number of ketones is 1. The first-order chi connectivity index (χ1) is 12.5. The third-order valence-electron chi connectivity index (χ3n) is 3.51. The van der Waals surface area contributed by atoms with Gasteiger partial charge >= 0.3 is 5.97 Å². The molecule has 0 radical (unpaired) electrons. The van der Waals surface area contributed by atoms with Crippen LogP contribution in [0.25, 0.3) is 0 Å². The summed E-state index contributed by atoms with van der Waals surface area (Å²) < 4.78 is 15.3. The van der Waals surface area contributed by atoms with E-state index >= 15 is 0 Å². The monoisotopic (exact) mass is 374 g/mol. The summed E-state index contributed by atoms with van der Waals surface area (Å²) in [6, 6.07) is 6.97. The molecule has 0 amide bonds. The number of carbonyl (C=O) groups excluding carboxylic acids is 2. The Morgan fingerprint density at radius 3 is 2.58 bits per heavy atom. The number of aryl methyl sites for hydroxylation is 1. The third-order valence-corrected chi connectivity index (χ3v) is 4.53. The van der Waals surface area contributed by atoms with Crippen LogP contribution in [-0.4, -0.2) is 37.6 Å². The van der Waals surface area contributed by atoms with Crippen molar-refractivity contribution in [2.75, 3.05) is 20.8 Å². The van der Waals surface area contributed by atoms with Crippen molar-refractivity contribution < 1.29 is 23.8 Å². The normalized spacial score (nSPS) is 11.3. The number of methoxy groups -OCH3 is 2. The lowest BCUT2D eigenvalue weighted by molar-refractivity contribution is -0.147. The van der Waals surface area contributed by atoms with Crippen LogP contribution in [0.2, 0.25) is 0 Å². The molecule has 0 fully saturated rings. The third kappa shape index (κ3) is 4.80. The Labute approximate surface area is 155 Å². The van der Waals surface area contributed by atoms with E-state index in [1.165, 1.54) is 25.6 Å². The number of esters is 1. The molecule has 0 unspecified atom stereocenters. The molecule has 2 aromatic rings. The lowest BCUT2D eigenvalue weighted by Crippen LogP contribution is -2.20. The highest BCUT2D eigenvalue weighted by atomic mass is 32.1. The van der Waals surface area contributed by atoms with Gasteiger partial charge in [0.1, 0.15) is 5.01 Å². The number of Topliss-reactive ketones (excluding diaryl/α,β-unsaturated/α-hetero) is 1. The number of nitrogens with zero attached hydrogens (tertiary/aromatic N) is 2. The van der Waals surface area contributed by atoms with Crippen molar-refractivity contribution in [3.05, 3.63) is 39.8 Å². The highest BCUT2D eigenvalue weighted by Crippen LogP contribution is 2.27. The average molecular weight is 374 g/mol. The van der Waals surface area contributed by atoms with Gasteiger partial charge in [0.25, 0.3) is 0 Å². The lowest BCUT2D eigenvalue weighted by Gasteiger charge is -2.10. The Balaban J connectivity index is 1.94. The number of rotatable bonds is 8. The van der Waals surface area contributed by atoms with Gasteiger partial charge in [-0.1, -0.05) is 6.07 Å². The molecule has 26 heavy (non-hydrogen) atoms. The van der Waals surface area contributed by atoms with E-state index in [4.69, 9.17) is 14.2 Å². The number of aromatic nitrogens is 1. The van der Waals surface area contributed by atoms with Crippen LogP contribution < -0.4 is 9.47 Å². The number of hydrogen-bond acceptors (Lipinski definition) is 8. The van der Waals surface area contributed by atoms with Crippen LogP contribution in [0.4, 0.5) is 0 Å². The van der Waals surface area contributed by atoms with Crippen LogP contribution in [0.3, 0.4) is 0 Å². The molecule has 0 saturated heterocycles. The minimum Gasteiger partial charge on any atom is -0.493 e. The standard InChI is InChI=1S/C18H18N2O5S/c1-11-10-26-18(20-11)13(8-19)14(21)9-25-17(22)7-12-4-5-15(23-2)16(6-12)24-3/h4-6,10,13H,7,9H2,1-3H3/t13-/m1/s1. The van der Waals surface area contributed by atoms with E-state index in [9.17, 15) is 14.9 Å². The minimum absolute atomic E-state index is 0.0266. The van der Waals surface area contributed by atoms with Gasteiger partial charge in [-0.15, -0.1) is 11.3 Å². The topological polar surface area (TPSA) is 98.5 Å². The van der Waals surface area contributed by atoms with E-state index in [2.05, 4.69) is 4.98 Å². The summed E-state index contributed by atoms with van der Waals surface area (Å²) in [5, 5.41) is 11.4. The van der Waals surface area contributed by atoms with Gasteiger partial charge < -0.3 is 14.2 Å². The highest BCUT2D eigenvalue weighted by molar-refractivity contribution is 7.09. The first kappa shape index (κ1) is 19.4. The zero-order valence-corrected chi connectivity index (χ0v) is 15.5. The summed E-state index contributed by atoms with van der Waals surface area (Å²) in [7, 11) is 3.02. The van der Waals surface area contributed by atoms with Crippen molar-refractivity contribution in [3.63, 3.8) is 0 Å². The largest absolute Gasteiger partial charge is 0.493 e. The Morgan fingerprint density at radius 2 is 2.00 bits per heavy atom. The predicted octanol–water partition coefficient (Wildman–Crippen LogP) is 2.43. The molecule has 1 aromatic carbocycles. The summed E-state index contributed by atoms with van der Waals surface area (Å²) in [6.45, 7) is 1.31. The van der Waals surface area contributed by atoms with Crippen molar-refractivity contribution in [2.45, 2.75) is 19.3 Å². The molecule has 1 aromatic heterocycles. The zero-order valence-electron chi connectivity index (χ0n) is 14.6. The minimum atomic E-state index is -1.03. The fourth-order valence-electron chi connectivity index (χ4n) is 2.21. The van der Waals surface area contributed by atoms with E-state index in [1.54, 1.807) is 30.5 Å². The number of carbonyl (C=O) groups is 2. The Kier molecular flexibility index (Phi) is 6.69. The van der Waals surface area contributed by atoms with Gasteiger partial charge in [-0.3, -0.25) is 9.59 Å². The van der Waals surface area contributed by atoms with Crippen molar-refractivity contribution in [1.82, 2.24) is 4.98 Å². The molecule has 1 heterocycles. The molecule has 0 aliphatic carbocycles. The van der Waals surface area contributed by atoms with Crippen LogP contribution in [0.1, 0.15) is 22.2 Å². The molecule has 2 rings (SSSR count). The molecule has 7 nitrogen and oxygen atoms in total. The fraction of sp³-hybridized carbons (Fsp3) is 0.333. The fourth-order valence-corrected chi connectivity index (χ4v) is 3.07. The van der Waals surface area contributed by atoms with E-state index in [0.29, 0.717) is 22.1 Å². The molecule has 0 saturated carbocycles. The average Bonchev–Trinajstić information content (AvgIpc) is 3.06. The van der Waals surface area contributed by atoms with Crippen LogP contribution in [0.5, 0.6) is 11.5 Å². The molecule has 0 aliphatic heterocycles. The molecule has 0 N–H and O–H groups in total. The SMILES string of the molecule is COc1ccc(CC(=O)OCC(=O)[C@@H](C#N)c2nc(C)cs2)cc1OC. The summed E-state index contributed by atoms with van der Waals surface area (Å²) in [6.07, 6.45) is -0.0266. The Hall–Kier alpha value is -2.92. The molecule has 1 atom stereocenters. The summed E-state index contributed by atoms with van der Waals surface area (Å²) in [5.41, 5.74) is 1.40. The number of hydrogen-bond donors (Lipinski definition) is 0. The van der Waals surface area contributed by atoms with E-state index in [1.807, 2.05) is 6.07 Å². The quantitative estimate of drug-likeness (QED) is 0.654. The smallest absolute Gasteiger partial charge is 0.310 e. The van der Waals surface area contributed by atoms with Crippen molar-refractivity contribution >= 4 is 23.1 Å². The molecule has 8 heteroatoms. The number of thiazole rings is 1. The van der Waals surface area contributed by atoms with Gasteiger partial charge in [-0.05, 0) is 24.6 Å². The first-order valence-corrected chi connectivity index (χ1v) is 8.57. The number of ether oxygens (including phenoxy) is 3. The maximum Gasteiger partial charge on any atom is 0.310 e. The van der Waals surface area contributed by atoms with Crippen LogP contribution in [-0.2, 0) is 20.7 Å². The van der Waals surface area contributed by atoms with Crippen LogP contribution in [0.15, 0.2) is 23.6 Å². The summed E-state index contributed by atoms with van der Waals surface area (Å²) in [4.78, 5) is 28.3. The van der Waals surface area contributed by atoms with Gasteiger partial charge in [0, 0.05) is 11.1 Å². The van der Waals surface area contributed by atoms with Crippen molar-refractivity contribution in [2.24, 2.45) is 0 Å².